The third-order valence-electron chi connectivity index (χ3n) is 5.04. The van der Waals surface area contributed by atoms with Crippen molar-refractivity contribution in [3.05, 3.63) is 90.2 Å². The Labute approximate surface area is 193 Å². The van der Waals surface area contributed by atoms with E-state index in [-0.39, 0.29) is 44.4 Å². The summed E-state index contributed by atoms with van der Waals surface area (Å²) in [4.78, 5) is 36.7. The molecule has 0 saturated carbocycles. The van der Waals surface area contributed by atoms with Gasteiger partial charge in [0.2, 0.25) is 0 Å². The fourth-order valence-electron chi connectivity index (χ4n) is 3.35. The Balaban J connectivity index is 2.02. The van der Waals surface area contributed by atoms with E-state index < -0.39 is 21.9 Å². The molecule has 3 aromatic rings. The van der Waals surface area contributed by atoms with Gasteiger partial charge in [0.05, 0.1) is 44.0 Å². The number of ether oxygens (including phenoxy) is 2. The molecule has 0 amide bonds. The second-order valence-electron chi connectivity index (χ2n) is 7.26. The van der Waals surface area contributed by atoms with Crippen molar-refractivity contribution in [1.82, 2.24) is 18.9 Å². The number of nitro groups is 1. The van der Waals surface area contributed by atoms with Crippen molar-refractivity contribution in [2.45, 2.75) is 19.6 Å². The predicted octanol–water partition coefficient (Wildman–Crippen LogP) is 1.77. The summed E-state index contributed by atoms with van der Waals surface area (Å²) in [5.74, 6) is -0.359. The van der Waals surface area contributed by atoms with E-state index in [9.17, 15) is 24.1 Å². The molecular formula is C22H24FN5O6. The zero-order valence-corrected chi connectivity index (χ0v) is 18.7. The van der Waals surface area contributed by atoms with Gasteiger partial charge in [0.1, 0.15) is 11.5 Å². The van der Waals surface area contributed by atoms with Gasteiger partial charge in [-0.2, -0.15) is 5.10 Å². The van der Waals surface area contributed by atoms with Crippen molar-refractivity contribution in [3.63, 3.8) is 0 Å². The van der Waals surface area contributed by atoms with Gasteiger partial charge in [-0.3, -0.25) is 28.7 Å². The smallest absolute Gasteiger partial charge is 0.357 e. The minimum Gasteiger partial charge on any atom is -0.383 e. The number of benzene rings is 1. The molecule has 1 aromatic carbocycles. The molecule has 0 saturated heterocycles. The molecule has 0 aliphatic rings. The Hall–Kier alpha value is -3.90. The summed E-state index contributed by atoms with van der Waals surface area (Å²) in [5.41, 5.74) is -1.63. The lowest BCUT2D eigenvalue weighted by atomic mass is 10.2. The highest BCUT2D eigenvalue weighted by Gasteiger charge is 2.26. The average molecular weight is 473 g/mol. The second-order valence-corrected chi connectivity index (χ2v) is 7.26. The van der Waals surface area contributed by atoms with Crippen LogP contribution in [0.3, 0.4) is 0 Å². The van der Waals surface area contributed by atoms with Crippen molar-refractivity contribution in [2.75, 3.05) is 27.4 Å². The van der Waals surface area contributed by atoms with Crippen molar-refractivity contribution < 1.29 is 18.8 Å². The van der Waals surface area contributed by atoms with Crippen LogP contribution in [0.25, 0.3) is 12.2 Å². The van der Waals surface area contributed by atoms with Gasteiger partial charge in [-0.1, -0.05) is 18.2 Å². The first-order chi connectivity index (χ1) is 16.4. The van der Waals surface area contributed by atoms with Gasteiger partial charge in [-0.15, -0.1) is 0 Å². The molecule has 3 rings (SSSR count). The summed E-state index contributed by atoms with van der Waals surface area (Å²) in [5, 5.41) is 16.0. The number of hydrogen-bond donors (Lipinski definition) is 0. The monoisotopic (exact) mass is 473 g/mol. The van der Waals surface area contributed by atoms with Crippen LogP contribution >= 0.6 is 0 Å². The number of hydrogen-bond acceptors (Lipinski definition) is 7. The van der Waals surface area contributed by atoms with Gasteiger partial charge in [-0.05, 0) is 18.2 Å². The maximum absolute atomic E-state index is 13.9. The molecule has 34 heavy (non-hydrogen) atoms. The van der Waals surface area contributed by atoms with Gasteiger partial charge in [0.25, 0.3) is 0 Å². The maximum atomic E-state index is 13.9. The van der Waals surface area contributed by atoms with Crippen molar-refractivity contribution in [1.29, 1.82) is 0 Å². The standard InChI is InChI=1S/C22H24FN5O6/c1-33-11-9-26-19(20(28(31)32)21(29)27(22(26)30)10-12-34-2)8-7-16-13-24-25(14-16)15-17-5-3-4-6-18(17)23/h3-8,13-14H,9-12,15H2,1-2H3/b8-7+. The van der Waals surface area contributed by atoms with Crippen LogP contribution in [0.15, 0.2) is 46.2 Å². The van der Waals surface area contributed by atoms with E-state index in [0.717, 1.165) is 9.13 Å². The first kappa shape index (κ1) is 24.7. The van der Waals surface area contributed by atoms with Crippen LogP contribution in [0.2, 0.25) is 0 Å². The SMILES string of the molecule is COCCn1c(/C=C/c2cnn(Cc3ccccc3F)c2)c([N+](=O)[O-])c(=O)n(CCOC)c1=O. The van der Waals surface area contributed by atoms with Gasteiger partial charge in [0, 0.05) is 31.5 Å². The number of rotatable bonds is 11. The largest absolute Gasteiger partial charge is 0.383 e. The van der Waals surface area contributed by atoms with E-state index in [1.165, 1.54) is 43.3 Å². The molecule has 0 radical (unpaired) electrons. The first-order valence-electron chi connectivity index (χ1n) is 10.3. The third kappa shape index (κ3) is 5.53. The van der Waals surface area contributed by atoms with E-state index >= 15 is 0 Å². The molecule has 0 aliphatic carbocycles. The molecule has 0 unspecified atom stereocenters. The van der Waals surface area contributed by atoms with E-state index in [1.807, 2.05) is 0 Å². The van der Waals surface area contributed by atoms with E-state index in [0.29, 0.717) is 11.1 Å². The molecule has 2 heterocycles. The maximum Gasteiger partial charge on any atom is 0.357 e. The van der Waals surface area contributed by atoms with Gasteiger partial charge in [-0.25, -0.2) is 9.18 Å². The predicted molar refractivity (Wildman–Crippen MR) is 122 cm³/mol. The van der Waals surface area contributed by atoms with Crippen LogP contribution in [0, 0.1) is 15.9 Å². The van der Waals surface area contributed by atoms with Crippen LogP contribution in [-0.2, 0) is 29.1 Å². The molecule has 0 fully saturated rings. The first-order valence-corrected chi connectivity index (χ1v) is 10.3. The lowest BCUT2D eigenvalue weighted by Crippen LogP contribution is -2.43. The Morgan fingerprint density at radius 3 is 2.41 bits per heavy atom. The summed E-state index contributed by atoms with van der Waals surface area (Å²) in [6, 6.07) is 6.31. The zero-order valence-electron chi connectivity index (χ0n) is 18.7. The number of halogens is 1. The van der Waals surface area contributed by atoms with E-state index in [2.05, 4.69) is 5.10 Å². The summed E-state index contributed by atoms with van der Waals surface area (Å²) < 4.78 is 27.3. The Morgan fingerprint density at radius 1 is 1.09 bits per heavy atom. The minimum atomic E-state index is -1.02. The fraction of sp³-hybridized carbons (Fsp3) is 0.318. The highest BCUT2D eigenvalue weighted by Crippen LogP contribution is 2.16. The van der Waals surface area contributed by atoms with Crippen LogP contribution in [-0.4, -0.2) is 51.3 Å². The highest BCUT2D eigenvalue weighted by molar-refractivity contribution is 5.71. The molecule has 11 nitrogen and oxygen atoms in total. The second kappa shape index (κ2) is 11.3. The van der Waals surface area contributed by atoms with Crippen molar-refractivity contribution in [3.8, 4) is 0 Å². The van der Waals surface area contributed by atoms with Gasteiger partial charge < -0.3 is 9.47 Å². The number of nitrogens with zero attached hydrogens (tertiary/aromatic N) is 5. The summed E-state index contributed by atoms with van der Waals surface area (Å²) >= 11 is 0. The van der Waals surface area contributed by atoms with Crippen LogP contribution in [0.1, 0.15) is 16.8 Å². The Kier molecular flexibility index (Phi) is 8.22. The summed E-state index contributed by atoms with van der Waals surface area (Å²) in [7, 11) is 2.83. The van der Waals surface area contributed by atoms with Crippen molar-refractivity contribution >= 4 is 17.8 Å². The molecule has 180 valence electrons. The molecular weight excluding hydrogens is 449 g/mol. The molecule has 0 aliphatic heterocycles. The molecule has 2 aromatic heterocycles. The Bertz CT molecular complexity index is 1310. The van der Waals surface area contributed by atoms with Gasteiger partial charge >= 0.3 is 16.9 Å². The van der Waals surface area contributed by atoms with E-state index in [1.54, 1.807) is 24.4 Å². The third-order valence-corrected chi connectivity index (χ3v) is 5.04. The lowest BCUT2D eigenvalue weighted by molar-refractivity contribution is -0.387. The quantitative estimate of drug-likeness (QED) is 0.307. The zero-order chi connectivity index (χ0) is 24.7. The van der Waals surface area contributed by atoms with Crippen LogP contribution < -0.4 is 11.2 Å². The average Bonchev–Trinajstić information content (AvgIpc) is 3.25. The molecule has 0 N–H and O–H groups in total. The normalized spacial score (nSPS) is 11.4. The topological polar surface area (TPSA) is 123 Å². The summed E-state index contributed by atoms with van der Waals surface area (Å²) in [6.45, 7) is 0.188. The Morgan fingerprint density at radius 2 is 1.76 bits per heavy atom. The fourth-order valence-corrected chi connectivity index (χ4v) is 3.35. The molecule has 0 bridgehead atoms. The van der Waals surface area contributed by atoms with Gasteiger partial charge in [0.15, 0.2) is 0 Å². The lowest BCUT2D eigenvalue weighted by Gasteiger charge is -2.13. The number of methoxy groups -OCH3 is 2. The minimum absolute atomic E-state index is 0.00431. The highest BCUT2D eigenvalue weighted by atomic mass is 19.1. The number of aromatic nitrogens is 4. The van der Waals surface area contributed by atoms with E-state index in [4.69, 9.17) is 9.47 Å². The van der Waals surface area contributed by atoms with Crippen LogP contribution in [0.4, 0.5) is 10.1 Å². The molecule has 0 atom stereocenters. The van der Waals surface area contributed by atoms with Crippen LogP contribution in [0.5, 0.6) is 0 Å². The molecule has 12 heteroatoms. The molecule has 0 spiro atoms. The summed E-state index contributed by atoms with van der Waals surface area (Å²) in [6.07, 6.45) is 5.92. The van der Waals surface area contributed by atoms with Crippen molar-refractivity contribution in [2.24, 2.45) is 0 Å².